The van der Waals surface area contributed by atoms with Crippen molar-refractivity contribution in [3.63, 3.8) is 0 Å². The number of hydrogen-bond acceptors (Lipinski definition) is 5. The molecule has 5 aromatic rings. The molecule has 9 heteroatoms. The maximum Gasteiger partial charge on any atom is 0.228 e. The summed E-state index contributed by atoms with van der Waals surface area (Å²) in [6.45, 7) is 0.403. The highest BCUT2D eigenvalue weighted by Gasteiger charge is 2.28. The molecule has 1 N–H and O–H groups in total. The Morgan fingerprint density at radius 2 is 1.79 bits per heavy atom. The Bertz CT molecular complexity index is 1440. The molecule has 6 rings (SSSR count). The van der Waals surface area contributed by atoms with Gasteiger partial charge in [-0.3, -0.25) is 0 Å². The first-order chi connectivity index (χ1) is 16.2. The van der Waals surface area contributed by atoms with Gasteiger partial charge in [0.15, 0.2) is 11.5 Å². The Morgan fingerprint density at radius 3 is 2.55 bits per heavy atom. The van der Waals surface area contributed by atoms with Gasteiger partial charge in [0, 0.05) is 30.9 Å². The molecule has 7 nitrogen and oxygen atoms in total. The minimum absolute atomic E-state index is 0.0248. The fraction of sp³-hybridized carbons (Fsp3) is 0.167. The number of para-hydroxylation sites is 1. The molecule has 0 bridgehead atoms. The van der Waals surface area contributed by atoms with E-state index in [4.69, 9.17) is 0 Å². The Hall–Kier alpha value is -4.14. The van der Waals surface area contributed by atoms with E-state index in [1.54, 1.807) is 15.4 Å². The molecule has 0 atom stereocenters. The van der Waals surface area contributed by atoms with Crippen LogP contribution in [0.2, 0.25) is 0 Å². The predicted octanol–water partition coefficient (Wildman–Crippen LogP) is 4.74. The monoisotopic (exact) mass is 443 g/mol. The lowest BCUT2D eigenvalue weighted by Crippen LogP contribution is -2.12. The first-order valence-corrected chi connectivity index (χ1v) is 10.7. The minimum Gasteiger partial charge on any atom is -0.350 e. The molecule has 3 aromatic heterocycles. The van der Waals surface area contributed by atoms with E-state index in [9.17, 15) is 8.78 Å². The molecule has 3 heterocycles. The molecule has 0 aliphatic heterocycles. The van der Waals surface area contributed by atoms with Gasteiger partial charge in [0.05, 0.1) is 16.9 Å². The second-order valence-corrected chi connectivity index (χ2v) is 8.01. The molecule has 1 aliphatic carbocycles. The summed E-state index contributed by atoms with van der Waals surface area (Å²) in [5.41, 5.74) is 3.04. The summed E-state index contributed by atoms with van der Waals surface area (Å²) in [4.78, 5) is 8.90. The molecule has 0 radical (unpaired) electrons. The van der Waals surface area contributed by atoms with E-state index in [0.717, 1.165) is 29.8 Å². The van der Waals surface area contributed by atoms with E-state index in [-0.39, 0.29) is 11.4 Å². The van der Waals surface area contributed by atoms with E-state index < -0.39 is 11.6 Å². The van der Waals surface area contributed by atoms with Gasteiger partial charge < -0.3 is 5.32 Å². The van der Waals surface area contributed by atoms with Gasteiger partial charge in [0.1, 0.15) is 11.6 Å². The highest BCUT2D eigenvalue weighted by atomic mass is 19.1. The van der Waals surface area contributed by atoms with Crippen LogP contribution in [0, 0.1) is 11.6 Å². The summed E-state index contributed by atoms with van der Waals surface area (Å²) in [5.74, 6) is -0.690. The fourth-order valence-electron chi connectivity index (χ4n) is 3.89. The normalized spacial score (nSPS) is 13.5. The molecule has 0 saturated heterocycles. The number of nitrogens with one attached hydrogen (secondary N) is 1. The number of halogens is 2. The zero-order valence-corrected chi connectivity index (χ0v) is 17.5. The standard InChI is InChI=1S/C24H19F2N7/c25-17-6-3-7-18(26)22(17)23-29-21-13-19(15-9-10-15)31-33(21)24(30-23)27-14-16-5-1-2-8-20(16)32-12-4-11-28-32/h1-8,11-13,15H,9-10,14H2,(H,27,29,30). The van der Waals surface area contributed by atoms with Crippen LogP contribution < -0.4 is 5.32 Å². The molecule has 164 valence electrons. The van der Waals surface area contributed by atoms with Crippen LogP contribution in [0.3, 0.4) is 0 Å². The van der Waals surface area contributed by atoms with Crippen molar-refractivity contribution in [2.75, 3.05) is 5.32 Å². The van der Waals surface area contributed by atoms with Gasteiger partial charge >= 0.3 is 0 Å². The van der Waals surface area contributed by atoms with Crippen LogP contribution >= 0.6 is 0 Å². The van der Waals surface area contributed by atoms with Crippen LogP contribution in [0.4, 0.5) is 14.7 Å². The lowest BCUT2D eigenvalue weighted by molar-refractivity contribution is 0.587. The van der Waals surface area contributed by atoms with Crippen LogP contribution in [-0.2, 0) is 6.54 Å². The topological polar surface area (TPSA) is 72.9 Å². The summed E-state index contributed by atoms with van der Waals surface area (Å²) in [5, 5.41) is 12.3. The largest absolute Gasteiger partial charge is 0.350 e. The summed E-state index contributed by atoms with van der Waals surface area (Å²) < 4.78 is 32.4. The first kappa shape index (κ1) is 19.5. The van der Waals surface area contributed by atoms with Gasteiger partial charge in [-0.2, -0.15) is 19.7 Å². The summed E-state index contributed by atoms with van der Waals surface area (Å²) in [7, 11) is 0. The third-order valence-electron chi connectivity index (χ3n) is 5.70. The number of fused-ring (bicyclic) bond motifs is 1. The second kappa shape index (κ2) is 7.77. The van der Waals surface area contributed by atoms with Crippen molar-refractivity contribution in [1.29, 1.82) is 0 Å². The summed E-state index contributed by atoms with van der Waals surface area (Å²) >= 11 is 0. The quantitative estimate of drug-likeness (QED) is 0.410. The zero-order chi connectivity index (χ0) is 22.4. The smallest absolute Gasteiger partial charge is 0.228 e. The Kier molecular flexibility index (Phi) is 4.60. The molecule has 33 heavy (non-hydrogen) atoms. The van der Waals surface area contributed by atoms with Gasteiger partial charge in [-0.1, -0.05) is 24.3 Å². The molecule has 2 aromatic carbocycles. The maximum atomic E-state index is 14.5. The fourth-order valence-corrected chi connectivity index (χ4v) is 3.89. The van der Waals surface area contributed by atoms with Gasteiger partial charge in [-0.15, -0.1) is 0 Å². The van der Waals surface area contributed by atoms with Gasteiger partial charge in [-0.05, 0) is 42.7 Å². The Morgan fingerprint density at radius 1 is 0.970 bits per heavy atom. The number of rotatable bonds is 6. The molecule has 1 fully saturated rings. The molecular weight excluding hydrogens is 424 g/mol. The predicted molar refractivity (Wildman–Crippen MR) is 119 cm³/mol. The Balaban J connectivity index is 1.43. The van der Waals surface area contributed by atoms with Crippen molar-refractivity contribution in [1.82, 2.24) is 29.4 Å². The first-order valence-electron chi connectivity index (χ1n) is 10.7. The van der Waals surface area contributed by atoms with Crippen LogP contribution in [0.1, 0.15) is 30.0 Å². The third-order valence-corrected chi connectivity index (χ3v) is 5.70. The molecular formula is C24H19F2N7. The van der Waals surface area contributed by atoms with E-state index >= 15 is 0 Å². The Labute approximate surface area is 187 Å². The number of nitrogens with zero attached hydrogens (tertiary/aromatic N) is 6. The van der Waals surface area contributed by atoms with Crippen LogP contribution in [0.25, 0.3) is 22.7 Å². The SMILES string of the molecule is Fc1cccc(F)c1-c1nc(NCc2ccccc2-n2cccn2)n2nc(C3CC3)cc2n1. The molecule has 0 spiro atoms. The van der Waals surface area contributed by atoms with Crippen LogP contribution in [-0.4, -0.2) is 29.4 Å². The van der Waals surface area contributed by atoms with E-state index in [1.165, 1.54) is 18.2 Å². The van der Waals surface area contributed by atoms with Crippen molar-refractivity contribution in [2.24, 2.45) is 0 Å². The van der Waals surface area contributed by atoms with Crippen LogP contribution in [0.5, 0.6) is 0 Å². The summed E-state index contributed by atoms with van der Waals surface area (Å²) in [6, 6.07) is 15.3. The number of hydrogen-bond donors (Lipinski definition) is 1. The van der Waals surface area contributed by atoms with Gasteiger partial charge in [-0.25, -0.2) is 18.4 Å². The highest BCUT2D eigenvalue weighted by Crippen LogP contribution is 2.39. The molecule has 1 saturated carbocycles. The van der Waals surface area contributed by atoms with Crippen molar-refractivity contribution in [3.8, 4) is 17.1 Å². The molecule has 0 unspecified atom stereocenters. The van der Waals surface area contributed by atoms with Crippen LogP contribution in [0.15, 0.2) is 67.0 Å². The average molecular weight is 443 g/mol. The van der Waals surface area contributed by atoms with Crippen molar-refractivity contribution < 1.29 is 8.78 Å². The van der Waals surface area contributed by atoms with Gasteiger partial charge in [0.2, 0.25) is 5.95 Å². The van der Waals surface area contributed by atoms with Crippen molar-refractivity contribution >= 4 is 11.6 Å². The summed E-state index contributed by atoms with van der Waals surface area (Å²) in [6.07, 6.45) is 5.74. The minimum atomic E-state index is -0.712. The van der Waals surface area contributed by atoms with Gasteiger partial charge in [0.25, 0.3) is 0 Å². The second-order valence-electron chi connectivity index (χ2n) is 8.01. The number of anilines is 1. The van der Waals surface area contributed by atoms with E-state index in [1.807, 2.05) is 42.6 Å². The third kappa shape index (κ3) is 3.61. The molecule has 0 amide bonds. The number of benzene rings is 2. The average Bonchev–Trinajstić information content (AvgIpc) is 3.34. The number of aromatic nitrogens is 6. The van der Waals surface area contributed by atoms with E-state index in [0.29, 0.717) is 24.1 Å². The lowest BCUT2D eigenvalue weighted by atomic mass is 10.2. The van der Waals surface area contributed by atoms with E-state index in [2.05, 4.69) is 25.5 Å². The zero-order valence-electron chi connectivity index (χ0n) is 17.5. The molecule has 1 aliphatic rings. The highest BCUT2D eigenvalue weighted by molar-refractivity contribution is 5.62. The lowest BCUT2D eigenvalue weighted by Gasteiger charge is -2.13. The van der Waals surface area contributed by atoms with Crippen molar-refractivity contribution in [2.45, 2.75) is 25.3 Å². The van der Waals surface area contributed by atoms with Crippen molar-refractivity contribution in [3.05, 3.63) is 89.9 Å². The maximum absolute atomic E-state index is 14.5.